The van der Waals surface area contributed by atoms with Crippen LogP contribution in [0.15, 0.2) is 48.9 Å². The van der Waals surface area contributed by atoms with Crippen LogP contribution in [0, 0.1) is 0 Å². The van der Waals surface area contributed by atoms with E-state index in [1.165, 1.54) is 16.2 Å². The van der Waals surface area contributed by atoms with Crippen molar-refractivity contribution in [3.63, 3.8) is 0 Å². The number of hydrogen-bond donors (Lipinski definition) is 0. The van der Waals surface area contributed by atoms with Crippen LogP contribution in [-0.4, -0.2) is 59.0 Å². The van der Waals surface area contributed by atoms with E-state index in [2.05, 4.69) is 10.1 Å². The number of fused-ring (bicyclic) bond motifs is 2. The number of alkyl halides is 2. The van der Waals surface area contributed by atoms with E-state index in [0.29, 0.717) is 21.2 Å². The van der Waals surface area contributed by atoms with Crippen molar-refractivity contribution >= 4 is 33.1 Å². The number of rotatable bonds is 3. The van der Waals surface area contributed by atoms with E-state index in [0.717, 1.165) is 22.4 Å². The van der Waals surface area contributed by atoms with Crippen LogP contribution in [0.25, 0.3) is 38.8 Å². The molecule has 6 rings (SSSR count). The van der Waals surface area contributed by atoms with E-state index in [1.807, 2.05) is 41.9 Å². The van der Waals surface area contributed by atoms with Crippen LogP contribution >= 0.6 is 11.3 Å². The molecule has 5 aromatic rings. The molecule has 6 heterocycles. The highest BCUT2D eigenvalue weighted by molar-refractivity contribution is 7.20. The van der Waals surface area contributed by atoms with Gasteiger partial charge in [0, 0.05) is 50.8 Å². The first kappa shape index (κ1) is 20.8. The third kappa shape index (κ3) is 3.43. The highest BCUT2D eigenvalue weighted by Crippen LogP contribution is 2.35. The first-order chi connectivity index (χ1) is 16.4. The summed E-state index contributed by atoms with van der Waals surface area (Å²) in [6, 6.07) is 9.32. The van der Waals surface area contributed by atoms with Crippen LogP contribution in [0.3, 0.4) is 0 Å². The molecule has 34 heavy (non-hydrogen) atoms. The Bertz CT molecular complexity index is 1540. The van der Waals surface area contributed by atoms with E-state index in [9.17, 15) is 13.6 Å². The summed E-state index contributed by atoms with van der Waals surface area (Å²) < 4.78 is 30.8. The Balaban J connectivity index is 1.49. The van der Waals surface area contributed by atoms with Crippen LogP contribution in [-0.2, 0) is 7.05 Å². The lowest BCUT2D eigenvalue weighted by Gasteiger charge is -2.31. The van der Waals surface area contributed by atoms with Gasteiger partial charge in [-0.2, -0.15) is 5.10 Å². The molecule has 172 valence electrons. The fourth-order valence-corrected chi connectivity index (χ4v) is 5.23. The van der Waals surface area contributed by atoms with Crippen molar-refractivity contribution < 1.29 is 13.6 Å². The molecule has 0 saturated carbocycles. The lowest BCUT2D eigenvalue weighted by Crippen LogP contribution is -2.42. The molecule has 0 bridgehead atoms. The Kier molecular flexibility index (Phi) is 4.70. The Morgan fingerprint density at radius 1 is 1.12 bits per heavy atom. The first-order valence-corrected chi connectivity index (χ1v) is 11.6. The molecule has 0 spiro atoms. The third-order valence-corrected chi connectivity index (χ3v) is 7.11. The molecule has 1 fully saturated rings. The number of piperidine rings is 1. The smallest absolute Gasteiger partial charge is 0.264 e. The minimum atomic E-state index is -2.71. The van der Waals surface area contributed by atoms with Crippen molar-refractivity contribution in [3.8, 4) is 22.9 Å². The van der Waals surface area contributed by atoms with Gasteiger partial charge in [-0.15, -0.1) is 11.3 Å². The van der Waals surface area contributed by atoms with Gasteiger partial charge in [0.25, 0.3) is 11.8 Å². The average Bonchev–Trinajstić information content (AvgIpc) is 3.55. The fourth-order valence-electron chi connectivity index (χ4n) is 4.23. The van der Waals surface area contributed by atoms with E-state index in [1.54, 1.807) is 23.1 Å². The molecule has 0 atom stereocenters. The standard InChI is InChI=1S/C23H19F2N7OS/c1-30-15(5-8-27-30)19-14-12-17(22(33)31-10-6-23(24,25)7-11-31)34-21(14)29-20(28-19)16-13-26-18-4-2-3-9-32(16)18/h2-5,8-9,12-13H,6-7,10-11H2,1H3. The van der Waals surface area contributed by atoms with E-state index in [4.69, 9.17) is 9.97 Å². The fraction of sp³-hybridized carbons (Fsp3) is 0.261. The highest BCUT2D eigenvalue weighted by atomic mass is 32.1. The van der Waals surface area contributed by atoms with Gasteiger partial charge in [-0.05, 0) is 24.3 Å². The quantitative estimate of drug-likeness (QED) is 0.386. The van der Waals surface area contributed by atoms with Crippen LogP contribution in [0.1, 0.15) is 22.5 Å². The maximum Gasteiger partial charge on any atom is 0.264 e. The Hall–Kier alpha value is -3.73. The van der Waals surface area contributed by atoms with Crippen LogP contribution < -0.4 is 0 Å². The lowest BCUT2D eigenvalue weighted by molar-refractivity contribution is -0.0493. The summed E-state index contributed by atoms with van der Waals surface area (Å²) in [6.07, 6.45) is 4.66. The van der Waals surface area contributed by atoms with Crippen molar-refractivity contribution in [1.29, 1.82) is 0 Å². The summed E-state index contributed by atoms with van der Waals surface area (Å²) in [7, 11) is 1.82. The number of pyridine rings is 1. The molecule has 1 saturated heterocycles. The predicted octanol–water partition coefficient (Wildman–Crippen LogP) is 4.28. The number of aromatic nitrogens is 6. The maximum absolute atomic E-state index is 13.6. The summed E-state index contributed by atoms with van der Waals surface area (Å²) >= 11 is 1.24. The van der Waals surface area contributed by atoms with Gasteiger partial charge in [-0.1, -0.05) is 6.07 Å². The molecule has 1 amide bonds. The molecule has 11 heteroatoms. The molecule has 1 aliphatic rings. The monoisotopic (exact) mass is 479 g/mol. The topological polar surface area (TPSA) is 81.2 Å². The zero-order valence-corrected chi connectivity index (χ0v) is 19.0. The molecule has 8 nitrogen and oxygen atoms in total. The second-order valence-corrected chi connectivity index (χ2v) is 9.32. The number of hydrogen-bond acceptors (Lipinski definition) is 6. The number of nitrogens with zero attached hydrogens (tertiary/aromatic N) is 7. The minimum Gasteiger partial charge on any atom is -0.338 e. The van der Waals surface area contributed by atoms with Gasteiger partial charge in [0.1, 0.15) is 21.9 Å². The van der Waals surface area contributed by atoms with Gasteiger partial charge in [0.15, 0.2) is 5.82 Å². The number of thiophene rings is 1. The second-order valence-electron chi connectivity index (χ2n) is 8.29. The number of carbonyl (C=O) groups excluding carboxylic acids is 1. The second kappa shape index (κ2) is 7.66. The van der Waals surface area contributed by atoms with Gasteiger partial charge in [0.05, 0.1) is 16.8 Å². The molecule has 5 aromatic heterocycles. The number of imidazole rings is 1. The number of carbonyl (C=O) groups is 1. The summed E-state index contributed by atoms with van der Waals surface area (Å²) in [5.74, 6) is -2.50. The summed E-state index contributed by atoms with van der Waals surface area (Å²) in [6.45, 7) is 0.0703. The molecule has 1 aliphatic heterocycles. The molecular formula is C23H19F2N7OS. The average molecular weight is 480 g/mol. The number of amides is 1. The van der Waals surface area contributed by atoms with Crippen molar-refractivity contribution in [3.05, 3.63) is 53.8 Å². The molecule has 0 N–H and O–H groups in total. The SMILES string of the molecule is Cn1nccc1-c1nc(-c2cnc3ccccn23)nc2sc(C(=O)N3CCC(F)(F)CC3)cc12. The van der Waals surface area contributed by atoms with E-state index < -0.39 is 5.92 Å². The zero-order chi connectivity index (χ0) is 23.4. The number of aryl methyl sites for hydroxylation is 1. The zero-order valence-electron chi connectivity index (χ0n) is 18.2. The van der Waals surface area contributed by atoms with Gasteiger partial charge in [0.2, 0.25) is 0 Å². The summed E-state index contributed by atoms with van der Waals surface area (Å²) in [5, 5.41) is 4.99. The Morgan fingerprint density at radius 2 is 1.94 bits per heavy atom. The van der Waals surface area contributed by atoms with Crippen molar-refractivity contribution in [2.24, 2.45) is 7.05 Å². The van der Waals surface area contributed by atoms with Crippen molar-refractivity contribution in [2.75, 3.05) is 13.1 Å². The number of halogens is 2. The van der Waals surface area contributed by atoms with E-state index in [-0.39, 0.29) is 31.8 Å². The normalized spacial score (nSPS) is 15.9. The predicted molar refractivity (Wildman–Crippen MR) is 124 cm³/mol. The van der Waals surface area contributed by atoms with Crippen molar-refractivity contribution in [2.45, 2.75) is 18.8 Å². The van der Waals surface area contributed by atoms with Crippen LogP contribution in [0.5, 0.6) is 0 Å². The lowest BCUT2D eigenvalue weighted by atomic mass is 10.1. The largest absolute Gasteiger partial charge is 0.338 e. The summed E-state index contributed by atoms with van der Waals surface area (Å²) in [5.41, 5.74) is 2.91. The molecule has 0 unspecified atom stereocenters. The van der Waals surface area contributed by atoms with Gasteiger partial charge in [-0.25, -0.2) is 23.7 Å². The maximum atomic E-state index is 13.6. The van der Waals surface area contributed by atoms with E-state index >= 15 is 0 Å². The molecular weight excluding hydrogens is 460 g/mol. The first-order valence-electron chi connectivity index (χ1n) is 10.8. The summed E-state index contributed by atoms with van der Waals surface area (Å²) in [4.78, 5) is 29.8. The number of likely N-dealkylation sites (tertiary alicyclic amines) is 1. The van der Waals surface area contributed by atoms with Gasteiger partial charge < -0.3 is 4.90 Å². The van der Waals surface area contributed by atoms with Crippen LogP contribution in [0.2, 0.25) is 0 Å². The van der Waals surface area contributed by atoms with Gasteiger partial charge in [-0.3, -0.25) is 13.9 Å². The highest BCUT2D eigenvalue weighted by Gasteiger charge is 2.36. The molecule has 0 radical (unpaired) electrons. The third-order valence-electron chi connectivity index (χ3n) is 6.10. The Morgan fingerprint density at radius 3 is 2.71 bits per heavy atom. The van der Waals surface area contributed by atoms with Crippen molar-refractivity contribution in [1.82, 2.24) is 34.0 Å². The van der Waals surface area contributed by atoms with Crippen LogP contribution in [0.4, 0.5) is 8.78 Å². The molecule has 0 aromatic carbocycles. The van der Waals surface area contributed by atoms with Gasteiger partial charge >= 0.3 is 0 Å². The minimum absolute atomic E-state index is 0.0351. The molecule has 0 aliphatic carbocycles. The Labute approximate surface area is 196 Å².